The summed E-state index contributed by atoms with van der Waals surface area (Å²) in [6, 6.07) is 4.29. The number of hydrogen-bond acceptors (Lipinski definition) is 1. The standard InChI is InChI=1S/C15H23F2N/c1-5-18-14(15(2,3)4)10-9-11-12(16)7-6-8-13(11)17/h6-8,14,18H,5,9-10H2,1-4H3. The van der Waals surface area contributed by atoms with E-state index in [1.54, 1.807) is 0 Å². The van der Waals surface area contributed by atoms with Crippen molar-refractivity contribution < 1.29 is 8.78 Å². The van der Waals surface area contributed by atoms with Crippen molar-refractivity contribution in [2.45, 2.75) is 46.6 Å². The zero-order chi connectivity index (χ0) is 13.8. The molecule has 0 aliphatic rings. The lowest BCUT2D eigenvalue weighted by atomic mass is 9.83. The SMILES string of the molecule is CCNC(CCc1c(F)cccc1F)C(C)(C)C. The Labute approximate surface area is 109 Å². The highest BCUT2D eigenvalue weighted by Gasteiger charge is 2.24. The Morgan fingerprint density at radius 1 is 1.17 bits per heavy atom. The van der Waals surface area contributed by atoms with Gasteiger partial charge in [0, 0.05) is 11.6 Å². The van der Waals surface area contributed by atoms with Gasteiger partial charge in [-0.15, -0.1) is 0 Å². The van der Waals surface area contributed by atoms with Crippen LogP contribution in [0.2, 0.25) is 0 Å². The third-order valence-electron chi connectivity index (χ3n) is 3.24. The highest BCUT2D eigenvalue weighted by Crippen LogP contribution is 2.24. The van der Waals surface area contributed by atoms with Crippen LogP contribution < -0.4 is 5.32 Å². The fourth-order valence-electron chi connectivity index (χ4n) is 2.15. The Balaban J connectivity index is 2.73. The van der Waals surface area contributed by atoms with Crippen molar-refractivity contribution >= 4 is 0 Å². The second kappa shape index (κ2) is 6.28. The molecule has 0 saturated carbocycles. The molecule has 0 amide bonds. The minimum absolute atomic E-state index is 0.0811. The van der Waals surface area contributed by atoms with Crippen molar-refractivity contribution in [2.24, 2.45) is 5.41 Å². The summed E-state index contributed by atoms with van der Waals surface area (Å²) in [5.41, 5.74) is 0.280. The average molecular weight is 255 g/mol. The van der Waals surface area contributed by atoms with Gasteiger partial charge in [-0.25, -0.2) is 8.78 Å². The maximum Gasteiger partial charge on any atom is 0.129 e. The van der Waals surface area contributed by atoms with Crippen molar-refractivity contribution in [3.63, 3.8) is 0 Å². The molecule has 0 radical (unpaired) electrons. The summed E-state index contributed by atoms with van der Waals surface area (Å²) in [6.07, 6.45) is 1.16. The fourth-order valence-corrected chi connectivity index (χ4v) is 2.15. The van der Waals surface area contributed by atoms with Gasteiger partial charge in [-0.1, -0.05) is 33.8 Å². The number of halogens is 2. The third kappa shape index (κ3) is 4.05. The quantitative estimate of drug-likeness (QED) is 0.841. The summed E-state index contributed by atoms with van der Waals surface area (Å²) in [5.74, 6) is -0.890. The van der Waals surface area contributed by atoms with Crippen LogP contribution in [0.5, 0.6) is 0 Å². The Hall–Kier alpha value is -0.960. The third-order valence-corrected chi connectivity index (χ3v) is 3.24. The molecule has 1 unspecified atom stereocenters. The highest BCUT2D eigenvalue weighted by atomic mass is 19.1. The number of hydrogen-bond donors (Lipinski definition) is 1. The lowest BCUT2D eigenvalue weighted by molar-refractivity contribution is 0.257. The van der Waals surface area contributed by atoms with Gasteiger partial charge in [0.05, 0.1) is 0 Å². The molecule has 1 nitrogen and oxygen atoms in total. The summed E-state index contributed by atoms with van der Waals surface area (Å²) in [6.45, 7) is 9.32. The molecule has 0 aliphatic heterocycles. The molecule has 1 aromatic rings. The van der Waals surface area contributed by atoms with Crippen LogP contribution in [0.4, 0.5) is 8.78 Å². The molecule has 1 N–H and O–H groups in total. The summed E-state index contributed by atoms with van der Waals surface area (Å²) < 4.78 is 27.0. The highest BCUT2D eigenvalue weighted by molar-refractivity contribution is 5.20. The van der Waals surface area contributed by atoms with Gasteiger partial charge in [-0.2, -0.15) is 0 Å². The molecule has 1 atom stereocenters. The predicted octanol–water partition coefficient (Wildman–Crippen LogP) is 3.92. The van der Waals surface area contributed by atoms with E-state index in [2.05, 4.69) is 26.1 Å². The van der Waals surface area contributed by atoms with Crippen molar-refractivity contribution in [1.29, 1.82) is 0 Å². The van der Waals surface area contributed by atoms with Gasteiger partial charge in [0.2, 0.25) is 0 Å². The Morgan fingerprint density at radius 3 is 2.17 bits per heavy atom. The Morgan fingerprint density at radius 2 is 1.72 bits per heavy atom. The Kier molecular flexibility index (Phi) is 5.27. The molecule has 0 aliphatic carbocycles. The zero-order valence-electron chi connectivity index (χ0n) is 11.7. The first-order valence-corrected chi connectivity index (χ1v) is 6.52. The van der Waals surface area contributed by atoms with E-state index < -0.39 is 11.6 Å². The topological polar surface area (TPSA) is 12.0 Å². The average Bonchev–Trinajstić information content (AvgIpc) is 2.25. The monoisotopic (exact) mass is 255 g/mol. The molecular formula is C15H23F2N. The van der Waals surface area contributed by atoms with Gasteiger partial charge in [0.1, 0.15) is 11.6 Å². The van der Waals surface area contributed by atoms with Crippen LogP contribution in [0.25, 0.3) is 0 Å². The first-order chi connectivity index (χ1) is 8.36. The van der Waals surface area contributed by atoms with Crippen LogP contribution in [0.3, 0.4) is 0 Å². The van der Waals surface area contributed by atoms with E-state index in [1.807, 2.05) is 6.92 Å². The molecule has 0 fully saturated rings. The van der Waals surface area contributed by atoms with E-state index in [1.165, 1.54) is 18.2 Å². The maximum atomic E-state index is 13.5. The van der Waals surface area contributed by atoms with Crippen molar-refractivity contribution in [3.8, 4) is 0 Å². The van der Waals surface area contributed by atoms with Crippen LogP contribution in [0.15, 0.2) is 18.2 Å². The first-order valence-electron chi connectivity index (χ1n) is 6.52. The summed E-state index contributed by atoms with van der Waals surface area (Å²) in [5, 5.41) is 3.39. The van der Waals surface area contributed by atoms with Gasteiger partial charge in [-0.05, 0) is 36.9 Å². The minimum Gasteiger partial charge on any atom is -0.314 e. The molecule has 102 valence electrons. The number of benzene rings is 1. The fraction of sp³-hybridized carbons (Fsp3) is 0.600. The molecular weight excluding hydrogens is 232 g/mol. The molecule has 0 bridgehead atoms. The molecule has 0 spiro atoms. The van der Waals surface area contributed by atoms with E-state index in [0.717, 1.165) is 13.0 Å². The van der Waals surface area contributed by atoms with E-state index in [4.69, 9.17) is 0 Å². The normalized spacial score (nSPS) is 13.7. The smallest absolute Gasteiger partial charge is 0.129 e. The predicted molar refractivity (Wildman–Crippen MR) is 71.6 cm³/mol. The number of rotatable bonds is 5. The minimum atomic E-state index is -0.445. The molecule has 1 aromatic carbocycles. The number of nitrogens with one attached hydrogen (secondary N) is 1. The summed E-state index contributed by atoms with van der Waals surface area (Å²) in [4.78, 5) is 0. The van der Waals surface area contributed by atoms with Crippen LogP contribution >= 0.6 is 0 Å². The zero-order valence-corrected chi connectivity index (χ0v) is 11.7. The van der Waals surface area contributed by atoms with E-state index in [0.29, 0.717) is 6.42 Å². The van der Waals surface area contributed by atoms with E-state index in [-0.39, 0.29) is 17.0 Å². The molecule has 3 heteroatoms. The lowest BCUT2D eigenvalue weighted by Gasteiger charge is -2.31. The maximum absolute atomic E-state index is 13.5. The largest absolute Gasteiger partial charge is 0.314 e. The second-order valence-electron chi connectivity index (χ2n) is 5.72. The molecule has 18 heavy (non-hydrogen) atoms. The molecule has 1 rings (SSSR count). The lowest BCUT2D eigenvalue weighted by Crippen LogP contribution is -2.40. The van der Waals surface area contributed by atoms with Crippen LogP contribution in [-0.2, 0) is 6.42 Å². The van der Waals surface area contributed by atoms with Gasteiger partial charge in [0.15, 0.2) is 0 Å². The molecule has 0 saturated heterocycles. The van der Waals surface area contributed by atoms with Crippen LogP contribution in [-0.4, -0.2) is 12.6 Å². The second-order valence-corrected chi connectivity index (χ2v) is 5.72. The van der Waals surface area contributed by atoms with Crippen LogP contribution in [0, 0.1) is 17.0 Å². The van der Waals surface area contributed by atoms with Crippen LogP contribution in [0.1, 0.15) is 39.7 Å². The van der Waals surface area contributed by atoms with Crippen molar-refractivity contribution in [1.82, 2.24) is 5.32 Å². The van der Waals surface area contributed by atoms with Crippen molar-refractivity contribution in [3.05, 3.63) is 35.4 Å². The van der Waals surface area contributed by atoms with E-state index >= 15 is 0 Å². The first kappa shape index (κ1) is 15.1. The van der Waals surface area contributed by atoms with Crippen molar-refractivity contribution in [2.75, 3.05) is 6.54 Å². The molecule has 0 aromatic heterocycles. The molecule has 0 heterocycles. The van der Waals surface area contributed by atoms with E-state index in [9.17, 15) is 8.78 Å². The van der Waals surface area contributed by atoms with Gasteiger partial charge >= 0.3 is 0 Å². The van der Waals surface area contributed by atoms with Gasteiger partial charge < -0.3 is 5.32 Å². The summed E-state index contributed by atoms with van der Waals surface area (Å²) in [7, 11) is 0. The van der Waals surface area contributed by atoms with Gasteiger partial charge in [0.25, 0.3) is 0 Å². The Bertz CT molecular complexity index is 362. The van der Waals surface area contributed by atoms with Gasteiger partial charge in [-0.3, -0.25) is 0 Å². The summed E-state index contributed by atoms with van der Waals surface area (Å²) >= 11 is 0.